The van der Waals surface area contributed by atoms with Gasteiger partial charge in [-0.15, -0.1) is 0 Å². The topological polar surface area (TPSA) is 58.4 Å². The first-order valence-corrected chi connectivity index (χ1v) is 8.76. The summed E-state index contributed by atoms with van der Waals surface area (Å²) in [4.78, 5) is 28.8. The van der Waals surface area contributed by atoms with Crippen LogP contribution in [-0.2, 0) is 9.59 Å². The highest BCUT2D eigenvalue weighted by Crippen LogP contribution is 2.32. The van der Waals surface area contributed by atoms with Gasteiger partial charge in [0.1, 0.15) is 0 Å². The van der Waals surface area contributed by atoms with Crippen molar-refractivity contribution in [2.75, 3.05) is 26.2 Å². The molecule has 0 bridgehead atoms. The lowest BCUT2D eigenvalue weighted by molar-refractivity contribution is -0.137. The highest BCUT2D eigenvalue weighted by Gasteiger charge is 2.39. The molecule has 0 N–H and O–H groups in total. The Balaban J connectivity index is 1.37. The second-order valence-corrected chi connectivity index (χ2v) is 7.21. The summed E-state index contributed by atoms with van der Waals surface area (Å²) >= 11 is 0. The monoisotopic (exact) mass is 316 g/mol. The lowest BCUT2D eigenvalue weighted by Crippen LogP contribution is -2.44. The van der Waals surface area contributed by atoms with E-state index < -0.39 is 0 Å². The molecule has 23 heavy (non-hydrogen) atoms. The molecule has 4 rings (SSSR count). The molecule has 0 unspecified atom stereocenters. The Morgan fingerprint density at radius 2 is 2.13 bits per heavy atom. The standard InChI is InChI=1S/C17H24N4O2/c22-16-9-14(11-20(16)10-13-4-5-13)17(23)19-7-1-3-15(12-19)21-8-2-6-18-21/h2,6,8,13-15H,1,3-5,7,9-12H2/t14-,15+/m0/s1. The first kappa shape index (κ1) is 14.7. The first-order chi connectivity index (χ1) is 11.2. The smallest absolute Gasteiger partial charge is 0.228 e. The summed E-state index contributed by atoms with van der Waals surface area (Å²) in [6.45, 7) is 3.01. The van der Waals surface area contributed by atoms with E-state index in [0.29, 0.717) is 25.4 Å². The molecule has 0 radical (unpaired) electrons. The molecule has 2 amide bonds. The number of hydrogen-bond acceptors (Lipinski definition) is 3. The summed E-state index contributed by atoms with van der Waals surface area (Å²) < 4.78 is 1.96. The number of likely N-dealkylation sites (tertiary alicyclic amines) is 2. The van der Waals surface area contributed by atoms with Gasteiger partial charge in [-0.3, -0.25) is 14.3 Å². The number of nitrogens with zero attached hydrogens (tertiary/aromatic N) is 4. The summed E-state index contributed by atoms with van der Waals surface area (Å²) in [6.07, 6.45) is 8.68. The molecule has 3 heterocycles. The largest absolute Gasteiger partial charge is 0.342 e. The van der Waals surface area contributed by atoms with E-state index in [4.69, 9.17) is 0 Å². The second-order valence-electron chi connectivity index (χ2n) is 7.21. The van der Waals surface area contributed by atoms with E-state index in [2.05, 4.69) is 5.10 Å². The fraction of sp³-hybridized carbons (Fsp3) is 0.706. The van der Waals surface area contributed by atoms with Crippen molar-refractivity contribution in [2.45, 2.75) is 38.1 Å². The summed E-state index contributed by atoms with van der Waals surface area (Å²) in [5, 5.41) is 4.31. The van der Waals surface area contributed by atoms with Crippen LogP contribution in [0.4, 0.5) is 0 Å². The van der Waals surface area contributed by atoms with Gasteiger partial charge in [-0.05, 0) is 37.7 Å². The van der Waals surface area contributed by atoms with Crippen molar-refractivity contribution >= 4 is 11.8 Å². The summed E-state index contributed by atoms with van der Waals surface area (Å²) in [6, 6.07) is 2.19. The SMILES string of the molecule is O=C1C[C@H](C(=O)N2CCC[C@@H](n3cccn3)C2)CN1CC1CC1. The van der Waals surface area contributed by atoms with Gasteiger partial charge < -0.3 is 9.80 Å². The van der Waals surface area contributed by atoms with Crippen molar-refractivity contribution < 1.29 is 9.59 Å². The molecule has 1 aromatic heterocycles. The van der Waals surface area contributed by atoms with E-state index in [0.717, 1.165) is 25.9 Å². The first-order valence-electron chi connectivity index (χ1n) is 8.76. The molecule has 124 valence electrons. The number of aromatic nitrogens is 2. The Labute approximate surface area is 136 Å². The molecule has 0 spiro atoms. The van der Waals surface area contributed by atoms with Crippen LogP contribution in [0, 0.1) is 11.8 Å². The van der Waals surface area contributed by atoms with Crippen LogP contribution >= 0.6 is 0 Å². The van der Waals surface area contributed by atoms with Gasteiger partial charge in [-0.2, -0.15) is 5.10 Å². The molecule has 6 heteroatoms. The molecule has 2 atom stereocenters. The predicted octanol–water partition coefficient (Wildman–Crippen LogP) is 1.31. The Bertz CT molecular complexity index is 581. The van der Waals surface area contributed by atoms with Gasteiger partial charge in [0.15, 0.2) is 0 Å². The molecule has 3 aliphatic rings. The van der Waals surface area contributed by atoms with Gasteiger partial charge in [0.25, 0.3) is 0 Å². The highest BCUT2D eigenvalue weighted by atomic mass is 16.2. The number of carbonyl (C=O) groups is 2. The summed E-state index contributed by atoms with van der Waals surface area (Å²) in [7, 11) is 0. The average Bonchev–Trinajstić information content (AvgIpc) is 3.08. The van der Waals surface area contributed by atoms with Crippen LogP contribution in [-0.4, -0.2) is 57.6 Å². The second kappa shape index (κ2) is 5.98. The van der Waals surface area contributed by atoms with Crippen LogP contribution in [0.5, 0.6) is 0 Å². The van der Waals surface area contributed by atoms with Gasteiger partial charge in [0.2, 0.25) is 11.8 Å². The number of hydrogen-bond donors (Lipinski definition) is 0. The zero-order chi connectivity index (χ0) is 15.8. The Hall–Kier alpha value is -1.85. The van der Waals surface area contributed by atoms with Crippen LogP contribution in [0.2, 0.25) is 0 Å². The van der Waals surface area contributed by atoms with Gasteiger partial charge in [-0.25, -0.2) is 0 Å². The van der Waals surface area contributed by atoms with Crippen LogP contribution < -0.4 is 0 Å². The molecule has 1 aromatic rings. The third kappa shape index (κ3) is 3.12. The minimum atomic E-state index is -0.141. The number of carbonyl (C=O) groups excluding carboxylic acids is 2. The van der Waals surface area contributed by atoms with Crippen LogP contribution in [0.1, 0.15) is 38.1 Å². The zero-order valence-electron chi connectivity index (χ0n) is 13.4. The molecule has 2 aliphatic heterocycles. The fourth-order valence-electron chi connectivity index (χ4n) is 3.85. The third-order valence-electron chi connectivity index (χ3n) is 5.35. The van der Waals surface area contributed by atoms with Crippen molar-refractivity contribution in [1.29, 1.82) is 0 Å². The van der Waals surface area contributed by atoms with Gasteiger partial charge in [0, 0.05) is 45.0 Å². The van der Waals surface area contributed by atoms with E-state index in [1.54, 1.807) is 6.20 Å². The van der Waals surface area contributed by atoms with Crippen LogP contribution in [0.25, 0.3) is 0 Å². The number of piperidine rings is 1. The van der Waals surface area contributed by atoms with Crippen molar-refractivity contribution in [3.05, 3.63) is 18.5 Å². The molecule has 6 nitrogen and oxygen atoms in total. The lowest BCUT2D eigenvalue weighted by Gasteiger charge is -2.34. The molecule has 1 saturated carbocycles. The predicted molar refractivity (Wildman–Crippen MR) is 84.5 cm³/mol. The van der Waals surface area contributed by atoms with E-state index in [9.17, 15) is 9.59 Å². The Morgan fingerprint density at radius 3 is 2.87 bits per heavy atom. The maximum atomic E-state index is 12.8. The van der Waals surface area contributed by atoms with E-state index in [1.165, 1.54) is 12.8 Å². The quantitative estimate of drug-likeness (QED) is 0.841. The molecular formula is C17H24N4O2. The maximum absolute atomic E-state index is 12.8. The third-order valence-corrected chi connectivity index (χ3v) is 5.35. The zero-order valence-corrected chi connectivity index (χ0v) is 13.4. The van der Waals surface area contributed by atoms with E-state index in [-0.39, 0.29) is 23.8 Å². The Kier molecular flexibility index (Phi) is 3.83. The lowest BCUT2D eigenvalue weighted by atomic mass is 10.0. The summed E-state index contributed by atoms with van der Waals surface area (Å²) in [5.74, 6) is 0.869. The maximum Gasteiger partial charge on any atom is 0.228 e. The minimum Gasteiger partial charge on any atom is -0.342 e. The fourth-order valence-corrected chi connectivity index (χ4v) is 3.85. The normalized spacial score (nSPS) is 28.4. The molecule has 2 saturated heterocycles. The Morgan fingerprint density at radius 1 is 1.26 bits per heavy atom. The van der Waals surface area contributed by atoms with Crippen LogP contribution in [0.3, 0.4) is 0 Å². The van der Waals surface area contributed by atoms with Crippen molar-refractivity contribution in [3.63, 3.8) is 0 Å². The highest BCUT2D eigenvalue weighted by molar-refractivity contribution is 5.89. The summed E-state index contributed by atoms with van der Waals surface area (Å²) in [5.41, 5.74) is 0. The van der Waals surface area contributed by atoms with E-state index >= 15 is 0 Å². The van der Waals surface area contributed by atoms with Crippen molar-refractivity contribution in [2.24, 2.45) is 11.8 Å². The van der Waals surface area contributed by atoms with Gasteiger partial charge in [-0.1, -0.05) is 0 Å². The van der Waals surface area contributed by atoms with E-state index in [1.807, 2.05) is 26.7 Å². The number of amides is 2. The van der Waals surface area contributed by atoms with Crippen LogP contribution in [0.15, 0.2) is 18.5 Å². The molecular weight excluding hydrogens is 292 g/mol. The van der Waals surface area contributed by atoms with Crippen molar-refractivity contribution in [1.82, 2.24) is 19.6 Å². The van der Waals surface area contributed by atoms with Gasteiger partial charge in [0.05, 0.1) is 12.0 Å². The number of rotatable bonds is 4. The van der Waals surface area contributed by atoms with Gasteiger partial charge >= 0.3 is 0 Å². The molecule has 1 aliphatic carbocycles. The molecule has 3 fully saturated rings. The van der Waals surface area contributed by atoms with Crippen molar-refractivity contribution in [3.8, 4) is 0 Å². The molecule has 0 aromatic carbocycles. The average molecular weight is 316 g/mol. The minimum absolute atomic E-state index is 0.141.